The molecule has 2 atom stereocenters. The second-order valence-corrected chi connectivity index (χ2v) is 5.68. The molecule has 0 amide bonds. The van der Waals surface area contributed by atoms with Crippen molar-refractivity contribution in [2.45, 2.75) is 39.5 Å². The van der Waals surface area contributed by atoms with Crippen LogP contribution in [0.5, 0.6) is 0 Å². The van der Waals surface area contributed by atoms with Gasteiger partial charge >= 0.3 is 0 Å². The van der Waals surface area contributed by atoms with Gasteiger partial charge in [0, 0.05) is 0 Å². The predicted molar refractivity (Wildman–Crippen MR) is 67.0 cm³/mol. The first-order chi connectivity index (χ1) is 6.88. The van der Waals surface area contributed by atoms with Gasteiger partial charge in [-0.2, -0.15) is 11.8 Å². The minimum atomic E-state index is 0.999. The van der Waals surface area contributed by atoms with Crippen molar-refractivity contribution in [3.63, 3.8) is 0 Å². The van der Waals surface area contributed by atoms with Gasteiger partial charge in [0.15, 0.2) is 0 Å². The molecular weight excluding hydrogens is 190 g/mol. The molecule has 0 aromatic heterocycles. The van der Waals surface area contributed by atoms with Crippen LogP contribution in [0.4, 0.5) is 0 Å². The molecule has 1 aliphatic carbocycles. The summed E-state index contributed by atoms with van der Waals surface area (Å²) in [5, 5.41) is 3.55. The molecule has 1 fully saturated rings. The van der Waals surface area contributed by atoms with E-state index in [1.165, 1.54) is 50.3 Å². The van der Waals surface area contributed by atoms with Gasteiger partial charge in [0.05, 0.1) is 0 Å². The van der Waals surface area contributed by atoms with Crippen LogP contribution in [0.3, 0.4) is 0 Å². The van der Waals surface area contributed by atoms with Crippen molar-refractivity contribution in [2.24, 2.45) is 11.8 Å². The fraction of sp³-hybridized carbons (Fsp3) is 1.00. The van der Waals surface area contributed by atoms with Crippen LogP contribution in [0.25, 0.3) is 0 Å². The van der Waals surface area contributed by atoms with E-state index < -0.39 is 0 Å². The summed E-state index contributed by atoms with van der Waals surface area (Å²) in [7, 11) is 0. The lowest BCUT2D eigenvalue weighted by atomic mass is 9.72. The third-order valence-electron chi connectivity index (χ3n) is 3.25. The van der Waals surface area contributed by atoms with Crippen LogP contribution < -0.4 is 5.32 Å². The lowest BCUT2D eigenvalue weighted by Crippen LogP contribution is -2.35. The van der Waals surface area contributed by atoms with Gasteiger partial charge in [0.2, 0.25) is 0 Å². The summed E-state index contributed by atoms with van der Waals surface area (Å²) in [6, 6.07) is 0. The van der Waals surface area contributed by atoms with Gasteiger partial charge in [0.1, 0.15) is 0 Å². The monoisotopic (exact) mass is 215 g/mol. The van der Waals surface area contributed by atoms with Gasteiger partial charge < -0.3 is 5.32 Å². The van der Waals surface area contributed by atoms with Crippen LogP contribution in [0.15, 0.2) is 0 Å². The maximum atomic E-state index is 3.55. The fourth-order valence-electron chi connectivity index (χ4n) is 2.13. The van der Waals surface area contributed by atoms with Crippen molar-refractivity contribution in [3.8, 4) is 0 Å². The topological polar surface area (TPSA) is 12.0 Å². The van der Waals surface area contributed by atoms with Crippen molar-refractivity contribution < 1.29 is 0 Å². The number of thioether (sulfide) groups is 1. The van der Waals surface area contributed by atoms with Crippen molar-refractivity contribution in [3.05, 3.63) is 0 Å². The number of hydrogen-bond acceptors (Lipinski definition) is 2. The molecule has 2 unspecified atom stereocenters. The molecule has 84 valence electrons. The zero-order chi connectivity index (χ0) is 10.2. The lowest BCUT2D eigenvalue weighted by Gasteiger charge is -2.37. The largest absolute Gasteiger partial charge is 0.316 e. The third-order valence-corrected chi connectivity index (χ3v) is 4.18. The first-order valence-electron chi connectivity index (χ1n) is 6.16. The molecule has 1 nitrogen and oxygen atoms in total. The number of nitrogens with one attached hydrogen (secondary N) is 1. The predicted octanol–water partition coefficient (Wildman–Crippen LogP) is 3.16. The Kier molecular flexibility index (Phi) is 6.70. The Bertz CT molecular complexity index is 122. The van der Waals surface area contributed by atoms with Crippen LogP contribution in [-0.2, 0) is 0 Å². The Morgan fingerprint density at radius 2 is 2.00 bits per heavy atom. The van der Waals surface area contributed by atoms with Gasteiger partial charge in [-0.25, -0.2) is 0 Å². The molecule has 0 saturated heterocycles. The lowest BCUT2D eigenvalue weighted by molar-refractivity contribution is 0.168. The first-order valence-corrected chi connectivity index (χ1v) is 7.32. The van der Waals surface area contributed by atoms with Crippen LogP contribution in [0.2, 0.25) is 0 Å². The molecule has 0 bridgehead atoms. The Hall–Kier alpha value is 0.310. The van der Waals surface area contributed by atoms with Gasteiger partial charge in [-0.3, -0.25) is 0 Å². The Morgan fingerprint density at radius 1 is 1.21 bits per heavy atom. The van der Waals surface area contributed by atoms with Gasteiger partial charge in [-0.15, -0.1) is 0 Å². The van der Waals surface area contributed by atoms with E-state index in [-0.39, 0.29) is 0 Å². The molecule has 2 heteroatoms. The summed E-state index contributed by atoms with van der Waals surface area (Å²) in [6.07, 6.45) is 5.68. The number of rotatable bonds is 8. The van der Waals surface area contributed by atoms with E-state index in [1.807, 2.05) is 0 Å². The maximum Gasteiger partial charge on any atom is -0.00179 e. The average molecular weight is 215 g/mol. The van der Waals surface area contributed by atoms with E-state index in [1.54, 1.807) is 0 Å². The fourth-order valence-corrected chi connectivity index (χ4v) is 2.89. The summed E-state index contributed by atoms with van der Waals surface area (Å²) in [4.78, 5) is 0. The summed E-state index contributed by atoms with van der Waals surface area (Å²) >= 11 is 2.10. The standard InChI is InChI=1S/C12H25NS/c1-3-8-13-10-12-6-5-11(12)7-9-14-4-2/h11-13H,3-10H2,1-2H3. The zero-order valence-corrected chi connectivity index (χ0v) is 10.5. The van der Waals surface area contributed by atoms with Crippen molar-refractivity contribution >= 4 is 11.8 Å². The normalized spacial score (nSPS) is 26.1. The molecule has 1 aliphatic rings. The molecule has 0 heterocycles. The summed E-state index contributed by atoms with van der Waals surface area (Å²) in [6.45, 7) is 6.97. The van der Waals surface area contributed by atoms with Gasteiger partial charge in [-0.1, -0.05) is 13.8 Å². The van der Waals surface area contributed by atoms with E-state index in [9.17, 15) is 0 Å². The smallest absolute Gasteiger partial charge is 0.00179 e. The molecule has 1 rings (SSSR count). The van der Waals surface area contributed by atoms with E-state index in [2.05, 4.69) is 30.9 Å². The molecule has 1 saturated carbocycles. The third kappa shape index (κ3) is 4.22. The highest BCUT2D eigenvalue weighted by atomic mass is 32.2. The van der Waals surface area contributed by atoms with Crippen LogP contribution >= 0.6 is 11.8 Å². The molecule has 0 aromatic rings. The van der Waals surface area contributed by atoms with Crippen molar-refractivity contribution in [1.29, 1.82) is 0 Å². The Balaban J connectivity index is 1.97. The SMILES string of the molecule is CCCNCC1CCC1CCSCC. The molecule has 1 N–H and O–H groups in total. The van der Waals surface area contributed by atoms with Crippen LogP contribution in [-0.4, -0.2) is 24.6 Å². The van der Waals surface area contributed by atoms with E-state index >= 15 is 0 Å². The summed E-state index contributed by atoms with van der Waals surface area (Å²) in [5.41, 5.74) is 0. The number of hydrogen-bond donors (Lipinski definition) is 1. The van der Waals surface area contributed by atoms with E-state index in [4.69, 9.17) is 0 Å². The second kappa shape index (κ2) is 7.58. The molecular formula is C12H25NS. The zero-order valence-electron chi connectivity index (χ0n) is 9.72. The maximum absolute atomic E-state index is 3.55. The Labute approximate surface area is 93.4 Å². The van der Waals surface area contributed by atoms with E-state index in [0.717, 1.165) is 11.8 Å². The van der Waals surface area contributed by atoms with Gasteiger partial charge in [0.25, 0.3) is 0 Å². The van der Waals surface area contributed by atoms with E-state index in [0.29, 0.717) is 0 Å². The molecule has 14 heavy (non-hydrogen) atoms. The van der Waals surface area contributed by atoms with Crippen LogP contribution in [0, 0.1) is 11.8 Å². The second-order valence-electron chi connectivity index (χ2n) is 4.29. The molecule has 0 spiro atoms. The minimum absolute atomic E-state index is 0.999. The van der Waals surface area contributed by atoms with Crippen molar-refractivity contribution in [1.82, 2.24) is 5.32 Å². The highest BCUT2D eigenvalue weighted by Gasteiger charge is 2.29. The minimum Gasteiger partial charge on any atom is -0.316 e. The van der Waals surface area contributed by atoms with Gasteiger partial charge in [-0.05, 0) is 62.1 Å². The highest BCUT2D eigenvalue weighted by molar-refractivity contribution is 7.99. The first kappa shape index (κ1) is 12.4. The van der Waals surface area contributed by atoms with Crippen LogP contribution in [0.1, 0.15) is 39.5 Å². The molecule has 0 aliphatic heterocycles. The average Bonchev–Trinajstić information content (AvgIpc) is 2.17. The Morgan fingerprint density at radius 3 is 2.57 bits per heavy atom. The quantitative estimate of drug-likeness (QED) is 0.624. The molecule has 0 aromatic carbocycles. The summed E-state index contributed by atoms with van der Waals surface area (Å²) < 4.78 is 0. The highest BCUT2D eigenvalue weighted by Crippen LogP contribution is 2.36. The summed E-state index contributed by atoms with van der Waals surface area (Å²) in [5.74, 6) is 4.70. The van der Waals surface area contributed by atoms with Crippen molar-refractivity contribution in [2.75, 3.05) is 24.6 Å². The molecule has 0 radical (unpaired) electrons.